The van der Waals surface area contributed by atoms with Gasteiger partial charge in [0.1, 0.15) is 0 Å². The third-order valence-electron chi connectivity index (χ3n) is 4.01. The summed E-state index contributed by atoms with van der Waals surface area (Å²) in [6.07, 6.45) is 4.59. The van der Waals surface area contributed by atoms with Crippen LogP contribution in [-0.4, -0.2) is 5.91 Å². The molecule has 0 heterocycles. The highest BCUT2D eigenvalue weighted by Crippen LogP contribution is 2.23. The van der Waals surface area contributed by atoms with Gasteiger partial charge in [0.15, 0.2) is 0 Å². The van der Waals surface area contributed by atoms with E-state index in [-0.39, 0.29) is 11.8 Å². The molecule has 0 aromatic heterocycles. The lowest BCUT2D eigenvalue weighted by atomic mass is 9.94. The first-order chi connectivity index (χ1) is 12.3. The lowest BCUT2D eigenvalue weighted by Crippen LogP contribution is -2.14. The molecular formula is C23H21NO. The number of carbonyl (C=O) groups is 1. The maximum absolute atomic E-state index is 12.5. The van der Waals surface area contributed by atoms with Crippen LogP contribution in [0, 0.1) is 0 Å². The van der Waals surface area contributed by atoms with Crippen molar-refractivity contribution in [2.45, 2.75) is 12.3 Å². The molecule has 1 amide bonds. The van der Waals surface area contributed by atoms with E-state index >= 15 is 0 Å². The van der Waals surface area contributed by atoms with Crippen LogP contribution in [0.3, 0.4) is 0 Å². The number of nitrogens with one attached hydrogen (secondary N) is 1. The third kappa shape index (κ3) is 5.18. The van der Waals surface area contributed by atoms with Crippen molar-refractivity contribution in [3.05, 3.63) is 108 Å². The Morgan fingerprint density at radius 1 is 0.800 bits per heavy atom. The van der Waals surface area contributed by atoms with Crippen LogP contribution in [0.1, 0.15) is 23.5 Å². The fraction of sp³-hybridized carbons (Fsp3) is 0.0870. The van der Waals surface area contributed by atoms with E-state index in [0.29, 0.717) is 6.42 Å². The Balaban J connectivity index is 1.75. The smallest absolute Gasteiger partial charge is 0.225 e. The van der Waals surface area contributed by atoms with Crippen molar-refractivity contribution < 1.29 is 4.79 Å². The van der Waals surface area contributed by atoms with Gasteiger partial charge in [-0.2, -0.15) is 0 Å². The quantitative estimate of drug-likeness (QED) is 0.635. The lowest BCUT2D eigenvalue weighted by Gasteiger charge is -2.13. The molecule has 0 saturated heterocycles. The van der Waals surface area contributed by atoms with Gasteiger partial charge in [0, 0.05) is 18.0 Å². The topological polar surface area (TPSA) is 29.1 Å². The van der Waals surface area contributed by atoms with Gasteiger partial charge >= 0.3 is 0 Å². The molecule has 124 valence electrons. The average molecular weight is 327 g/mol. The number of carbonyl (C=O) groups excluding carboxylic acids is 1. The summed E-state index contributed by atoms with van der Waals surface area (Å²) in [5.74, 6) is 0.0443. The summed E-state index contributed by atoms with van der Waals surface area (Å²) in [6, 6.07) is 29.8. The Morgan fingerprint density at radius 3 is 2.00 bits per heavy atom. The molecule has 0 aliphatic rings. The van der Waals surface area contributed by atoms with Crippen LogP contribution < -0.4 is 5.32 Å². The molecule has 0 bridgehead atoms. The molecule has 25 heavy (non-hydrogen) atoms. The zero-order valence-corrected chi connectivity index (χ0v) is 14.0. The molecular weight excluding hydrogens is 306 g/mol. The van der Waals surface area contributed by atoms with Crippen LogP contribution >= 0.6 is 0 Å². The first-order valence-corrected chi connectivity index (χ1v) is 8.44. The van der Waals surface area contributed by atoms with Crippen LogP contribution in [0.25, 0.3) is 6.08 Å². The van der Waals surface area contributed by atoms with E-state index in [9.17, 15) is 4.79 Å². The predicted octanol–water partition coefficient (Wildman–Crippen LogP) is 5.51. The van der Waals surface area contributed by atoms with E-state index in [2.05, 4.69) is 41.7 Å². The lowest BCUT2D eigenvalue weighted by molar-refractivity contribution is -0.116. The minimum atomic E-state index is 0.0118. The Hall–Kier alpha value is -3.13. The molecule has 0 spiro atoms. The number of rotatable bonds is 6. The van der Waals surface area contributed by atoms with Crippen LogP contribution in [0.5, 0.6) is 0 Å². The molecule has 0 aliphatic heterocycles. The van der Waals surface area contributed by atoms with Crippen molar-refractivity contribution in [3.63, 3.8) is 0 Å². The van der Waals surface area contributed by atoms with Gasteiger partial charge in [0.05, 0.1) is 0 Å². The SMILES string of the molecule is O=C(CC(/C=C/c1ccccc1)c1ccccc1)Nc1ccccc1. The Morgan fingerprint density at radius 2 is 1.36 bits per heavy atom. The highest BCUT2D eigenvalue weighted by molar-refractivity contribution is 5.91. The maximum atomic E-state index is 12.5. The number of hydrogen-bond donors (Lipinski definition) is 1. The van der Waals surface area contributed by atoms with Gasteiger partial charge in [-0.05, 0) is 23.3 Å². The fourth-order valence-corrected chi connectivity index (χ4v) is 2.72. The van der Waals surface area contributed by atoms with Crippen LogP contribution in [-0.2, 0) is 4.79 Å². The molecule has 0 aliphatic carbocycles. The highest BCUT2D eigenvalue weighted by Gasteiger charge is 2.13. The monoisotopic (exact) mass is 327 g/mol. The van der Waals surface area contributed by atoms with Gasteiger partial charge in [-0.1, -0.05) is 91.0 Å². The first-order valence-electron chi connectivity index (χ1n) is 8.44. The van der Waals surface area contributed by atoms with Gasteiger partial charge < -0.3 is 5.32 Å². The largest absolute Gasteiger partial charge is 0.326 e. The predicted molar refractivity (Wildman–Crippen MR) is 104 cm³/mol. The zero-order valence-electron chi connectivity index (χ0n) is 14.0. The molecule has 3 aromatic carbocycles. The van der Waals surface area contributed by atoms with Gasteiger partial charge in [-0.15, -0.1) is 0 Å². The second-order valence-electron chi connectivity index (χ2n) is 5.91. The van der Waals surface area contributed by atoms with E-state index in [1.54, 1.807) is 0 Å². The standard InChI is InChI=1S/C23H21NO/c25-23(24-22-14-8-3-9-15-22)18-21(20-12-6-2-7-13-20)17-16-19-10-4-1-5-11-19/h1-17,21H,18H2,(H,24,25)/b17-16+. The van der Waals surface area contributed by atoms with E-state index < -0.39 is 0 Å². The third-order valence-corrected chi connectivity index (χ3v) is 4.01. The molecule has 0 radical (unpaired) electrons. The van der Waals surface area contributed by atoms with E-state index in [1.807, 2.05) is 66.7 Å². The van der Waals surface area contributed by atoms with Crippen LogP contribution in [0.2, 0.25) is 0 Å². The summed E-state index contributed by atoms with van der Waals surface area (Å²) in [6.45, 7) is 0. The molecule has 0 saturated carbocycles. The van der Waals surface area contributed by atoms with Crippen molar-refractivity contribution in [1.29, 1.82) is 0 Å². The molecule has 0 fully saturated rings. The van der Waals surface area contributed by atoms with Gasteiger partial charge in [0.25, 0.3) is 0 Å². The number of anilines is 1. The number of amides is 1. The van der Waals surface area contributed by atoms with Gasteiger partial charge in [0.2, 0.25) is 5.91 Å². The average Bonchev–Trinajstić information content (AvgIpc) is 2.67. The molecule has 2 heteroatoms. The molecule has 3 rings (SSSR count). The summed E-state index contributed by atoms with van der Waals surface area (Å²) in [4.78, 5) is 12.5. The normalized spacial score (nSPS) is 12.0. The van der Waals surface area contributed by atoms with Crippen molar-refractivity contribution in [2.24, 2.45) is 0 Å². The summed E-state index contributed by atoms with van der Waals surface area (Å²) in [5.41, 5.74) is 3.09. The Kier molecular flexibility index (Phi) is 5.78. The number of hydrogen-bond acceptors (Lipinski definition) is 1. The van der Waals surface area contributed by atoms with Crippen LogP contribution in [0.4, 0.5) is 5.69 Å². The molecule has 3 aromatic rings. The molecule has 2 nitrogen and oxygen atoms in total. The summed E-state index contributed by atoms with van der Waals surface area (Å²) in [7, 11) is 0. The first kappa shape index (κ1) is 16.7. The Bertz CT molecular complexity index is 810. The molecule has 1 atom stereocenters. The minimum Gasteiger partial charge on any atom is -0.326 e. The van der Waals surface area contributed by atoms with Crippen LogP contribution in [0.15, 0.2) is 97.1 Å². The van der Waals surface area contributed by atoms with E-state index in [4.69, 9.17) is 0 Å². The summed E-state index contributed by atoms with van der Waals surface area (Å²) >= 11 is 0. The minimum absolute atomic E-state index is 0.0118. The van der Waals surface area contributed by atoms with Gasteiger partial charge in [-0.3, -0.25) is 4.79 Å². The molecule has 1 N–H and O–H groups in total. The van der Waals surface area contributed by atoms with E-state index in [0.717, 1.165) is 16.8 Å². The van der Waals surface area contributed by atoms with Crippen molar-refractivity contribution in [2.75, 3.05) is 5.32 Å². The Labute approximate surface area is 148 Å². The highest BCUT2D eigenvalue weighted by atomic mass is 16.1. The second kappa shape index (κ2) is 8.65. The van der Waals surface area contributed by atoms with Crippen molar-refractivity contribution in [1.82, 2.24) is 0 Å². The van der Waals surface area contributed by atoms with Gasteiger partial charge in [-0.25, -0.2) is 0 Å². The fourth-order valence-electron chi connectivity index (χ4n) is 2.72. The maximum Gasteiger partial charge on any atom is 0.225 e. The zero-order chi connectivity index (χ0) is 17.3. The summed E-state index contributed by atoms with van der Waals surface area (Å²) in [5, 5.41) is 2.97. The number of para-hydroxylation sites is 1. The number of allylic oxidation sites excluding steroid dienone is 1. The van der Waals surface area contributed by atoms with Crippen molar-refractivity contribution >= 4 is 17.7 Å². The van der Waals surface area contributed by atoms with E-state index in [1.165, 1.54) is 0 Å². The molecule has 1 unspecified atom stereocenters. The second-order valence-corrected chi connectivity index (χ2v) is 5.91. The number of benzene rings is 3. The van der Waals surface area contributed by atoms with Crippen molar-refractivity contribution in [3.8, 4) is 0 Å². The summed E-state index contributed by atoms with van der Waals surface area (Å²) < 4.78 is 0.